The average Bonchev–Trinajstić information content (AvgIpc) is 2.20. The van der Waals surface area contributed by atoms with Crippen LogP contribution in [0.5, 0.6) is 0 Å². The van der Waals surface area contributed by atoms with Crippen LogP contribution in [0.3, 0.4) is 0 Å². The van der Waals surface area contributed by atoms with Crippen LogP contribution in [0.15, 0.2) is 22.7 Å². The van der Waals surface area contributed by atoms with Crippen molar-refractivity contribution >= 4 is 39.1 Å². The largest absolute Gasteiger partial charge is 0.326 e. The van der Waals surface area contributed by atoms with Gasteiger partial charge in [-0.3, -0.25) is 4.79 Å². The molecule has 0 aliphatic heterocycles. The Morgan fingerprint density at radius 1 is 1.53 bits per heavy atom. The minimum atomic E-state index is -0.325. The summed E-state index contributed by atoms with van der Waals surface area (Å²) in [4.78, 5) is 11.6. The smallest absolute Gasteiger partial charge is 0.224 e. The van der Waals surface area contributed by atoms with Gasteiger partial charge in [0.05, 0.1) is 5.02 Å². The standard InChI is InChI=1S/C12H16BrClN2O/c1-12(2,15)6-5-11(17)16-8-3-4-9(13)10(14)7-8/h3-4,7H,5-6,15H2,1-2H3,(H,16,17). The summed E-state index contributed by atoms with van der Waals surface area (Å²) >= 11 is 9.22. The van der Waals surface area contributed by atoms with E-state index in [4.69, 9.17) is 17.3 Å². The Morgan fingerprint density at radius 3 is 2.71 bits per heavy atom. The molecule has 0 aromatic heterocycles. The Hall–Kier alpha value is -0.580. The number of hydrogen-bond donors (Lipinski definition) is 2. The van der Waals surface area contributed by atoms with Crippen molar-refractivity contribution in [2.24, 2.45) is 5.73 Å². The molecule has 0 bridgehead atoms. The van der Waals surface area contributed by atoms with Gasteiger partial charge in [-0.1, -0.05) is 11.6 Å². The van der Waals surface area contributed by atoms with Gasteiger partial charge in [0.2, 0.25) is 5.91 Å². The summed E-state index contributed by atoms with van der Waals surface area (Å²) in [6.45, 7) is 3.80. The number of hydrogen-bond acceptors (Lipinski definition) is 2. The van der Waals surface area contributed by atoms with Gasteiger partial charge in [0, 0.05) is 22.1 Å². The molecule has 1 rings (SSSR count). The minimum Gasteiger partial charge on any atom is -0.326 e. The molecule has 0 saturated heterocycles. The third-order valence-corrected chi connectivity index (χ3v) is 3.43. The third-order valence-electron chi connectivity index (χ3n) is 2.20. The van der Waals surface area contributed by atoms with Gasteiger partial charge in [0.1, 0.15) is 0 Å². The summed E-state index contributed by atoms with van der Waals surface area (Å²) < 4.78 is 0.806. The number of rotatable bonds is 4. The number of benzene rings is 1. The molecule has 3 nitrogen and oxygen atoms in total. The predicted octanol–water partition coefficient (Wildman–Crippen LogP) is 3.56. The molecule has 1 amide bonds. The number of carbonyl (C=O) groups is 1. The topological polar surface area (TPSA) is 55.1 Å². The monoisotopic (exact) mass is 318 g/mol. The summed E-state index contributed by atoms with van der Waals surface area (Å²) in [6.07, 6.45) is 1.04. The van der Waals surface area contributed by atoms with Gasteiger partial charge in [0.25, 0.3) is 0 Å². The van der Waals surface area contributed by atoms with Gasteiger partial charge in [-0.25, -0.2) is 0 Å². The molecule has 94 valence electrons. The first-order chi connectivity index (χ1) is 7.78. The third kappa shape index (κ3) is 5.52. The fourth-order valence-electron chi connectivity index (χ4n) is 1.23. The Bertz CT molecular complexity index is 415. The second kappa shape index (κ2) is 5.85. The second-order valence-electron chi connectivity index (χ2n) is 4.67. The van der Waals surface area contributed by atoms with Gasteiger partial charge in [-0.2, -0.15) is 0 Å². The van der Waals surface area contributed by atoms with Crippen LogP contribution < -0.4 is 11.1 Å². The summed E-state index contributed by atoms with van der Waals surface area (Å²) in [5, 5.41) is 3.35. The molecule has 0 heterocycles. The van der Waals surface area contributed by atoms with Crippen molar-refractivity contribution in [3.8, 4) is 0 Å². The van der Waals surface area contributed by atoms with E-state index in [2.05, 4.69) is 21.2 Å². The van der Waals surface area contributed by atoms with Gasteiger partial charge >= 0.3 is 0 Å². The highest BCUT2D eigenvalue weighted by atomic mass is 79.9. The van der Waals surface area contributed by atoms with Crippen molar-refractivity contribution < 1.29 is 4.79 Å². The van der Waals surface area contributed by atoms with Crippen LogP contribution in [0.4, 0.5) is 5.69 Å². The van der Waals surface area contributed by atoms with Gasteiger partial charge in [-0.15, -0.1) is 0 Å². The van der Waals surface area contributed by atoms with Crippen LogP contribution in [0.25, 0.3) is 0 Å². The quantitative estimate of drug-likeness (QED) is 0.891. The Kier molecular flexibility index (Phi) is 4.98. The van der Waals surface area contributed by atoms with E-state index in [-0.39, 0.29) is 11.4 Å². The maximum absolute atomic E-state index is 11.6. The lowest BCUT2D eigenvalue weighted by atomic mass is 10.00. The van der Waals surface area contributed by atoms with E-state index in [1.54, 1.807) is 18.2 Å². The molecule has 17 heavy (non-hydrogen) atoms. The summed E-state index contributed by atoms with van der Waals surface area (Å²) in [5.74, 6) is -0.0538. The van der Waals surface area contributed by atoms with E-state index >= 15 is 0 Å². The summed E-state index contributed by atoms with van der Waals surface area (Å²) in [7, 11) is 0. The van der Waals surface area contributed by atoms with Crippen molar-refractivity contribution in [2.45, 2.75) is 32.2 Å². The van der Waals surface area contributed by atoms with Crippen LogP contribution in [0.2, 0.25) is 5.02 Å². The van der Waals surface area contributed by atoms with Crippen LogP contribution in [-0.4, -0.2) is 11.4 Å². The van der Waals surface area contributed by atoms with Crippen LogP contribution in [0, 0.1) is 0 Å². The molecule has 1 aromatic carbocycles. The predicted molar refractivity (Wildman–Crippen MR) is 75.3 cm³/mol. The van der Waals surface area contributed by atoms with Crippen LogP contribution in [0.1, 0.15) is 26.7 Å². The fourth-order valence-corrected chi connectivity index (χ4v) is 1.66. The van der Waals surface area contributed by atoms with Gasteiger partial charge < -0.3 is 11.1 Å². The lowest BCUT2D eigenvalue weighted by Gasteiger charge is -2.17. The molecule has 0 saturated carbocycles. The molecule has 0 aliphatic rings. The number of carbonyl (C=O) groups excluding carboxylic acids is 1. The molecule has 0 radical (unpaired) electrons. The van der Waals surface area contributed by atoms with Crippen molar-refractivity contribution in [3.05, 3.63) is 27.7 Å². The second-order valence-corrected chi connectivity index (χ2v) is 5.93. The first-order valence-corrected chi connectivity index (χ1v) is 6.49. The highest BCUT2D eigenvalue weighted by Gasteiger charge is 2.13. The average molecular weight is 320 g/mol. The molecular formula is C12H16BrClN2O. The summed E-state index contributed by atoms with van der Waals surface area (Å²) in [6, 6.07) is 5.30. The summed E-state index contributed by atoms with van der Waals surface area (Å²) in [5.41, 5.74) is 6.18. The molecular weight excluding hydrogens is 304 g/mol. The molecule has 0 fully saturated rings. The van der Waals surface area contributed by atoms with E-state index in [1.807, 2.05) is 13.8 Å². The van der Waals surface area contributed by atoms with Gasteiger partial charge in [-0.05, 0) is 54.4 Å². The first kappa shape index (κ1) is 14.5. The van der Waals surface area contributed by atoms with Crippen LogP contribution >= 0.6 is 27.5 Å². The number of halogens is 2. The van der Waals surface area contributed by atoms with E-state index in [1.165, 1.54) is 0 Å². The van der Waals surface area contributed by atoms with Crippen molar-refractivity contribution in [1.82, 2.24) is 0 Å². The van der Waals surface area contributed by atoms with Crippen LogP contribution in [-0.2, 0) is 4.79 Å². The molecule has 0 aliphatic carbocycles. The van der Waals surface area contributed by atoms with E-state index < -0.39 is 0 Å². The number of amides is 1. The lowest BCUT2D eigenvalue weighted by Crippen LogP contribution is -2.33. The zero-order valence-electron chi connectivity index (χ0n) is 9.89. The highest BCUT2D eigenvalue weighted by molar-refractivity contribution is 9.10. The first-order valence-electron chi connectivity index (χ1n) is 5.32. The maximum Gasteiger partial charge on any atom is 0.224 e. The van der Waals surface area contributed by atoms with E-state index in [9.17, 15) is 4.79 Å². The number of nitrogens with two attached hydrogens (primary N) is 1. The van der Waals surface area contributed by atoms with Crippen molar-refractivity contribution in [3.63, 3.8) is 0 Å². The molecule has 0 spiro atoms. The maximum atomic E-state index is 11.6. The Labute approximate surface area is 115 Å². The number of nitrogens with one attached hydrogen (secondary N) is 1. The van der Waals surface area contributed by atoms with Crippen molar-refractivity contribution in [1.29, 1.82) is 0 Å². The lowest BCUT2D eigenvalue weighted by molar-refractivity contribution is -0.116. The molecule has 3 N–H and O–H groups in total. The molecule has 0 atom stereocenters. The zero-order chi connectivity index (χ0) is 13.1. The molecule has 1 aromatic rings. The zero-order valence-corrected chi connectivity index (χ0v) is 12.2. The van der Waals surface area contributed by atoms with Gasteiger partial charge in [0.15, 0.2) is 0 Å². The Morgan fingerprint density at radius 2 is 2.18 bits per heavy atom. The number of anilines is 1. The minimum absolute atomic E-state index is 0.0538. The molecule has 0 unspecified atom stereocenters. The SMILES string of the molecule is CC(C)(N)CCC(=O)Nc1ccc(Br)c(Cl)c1. The normalized spacial score (nSPS) is 11.4. The van der Waals surface area contributed by atoms with Crippen molar-refractivity contribution in [2.75, 3.05) is 5.32 Å². The fraction of sp³-hybridized carbons (Fsp3) is 0.417. The highest BCUT2D eigenvalue weighted by Crippen LogP contribution is 2.25. The van der Waals surface area contributed by atoms with E-state index in [0.717, 1.165) is 4.47 Å². The Balaban J connectivity index is 2.54. The molecule has 5 heteroatoms. The van der Waals surface area contributed by atoms with E-state index in [0.29, 0.717) is 23.6 Å².